The van der Waals surface area contributed by atoms with Crippen LogP contribution in [0, 0.1) is 0 Å². The van der Waals surface area contributed by atoms with E-state index in [1.165, 1.54) is 12.3 Å². The fourth-order valence-corrected chi connectivity index (χ4v) is 2.05. The average molecular weight is 258 g/mol. The van der Waals surface area contributed by atoms with Gasteiger partial charge in [-0.05, 0) is 24.3 Å². The van der Waals surface area contributed by atoms with Gasteiger partial charge in [0.05, 0.1) is 10.5 Å². The molecule has 18 heavy (non-hydrogen) atoms. The number of aromatic nitrogens is 3. The molecule has 0 spiro atoms. The zero-order valence-corrected chi connectivity index (χ0v) is 9.98. The Morgan fingerprint density at radius 3 is 2.78 bits per heavy atom. The van der Waals surface area contributed by atoms with E-state index >= 15 is 0 Å². The van der Waals surface area contributed by atoms with Crippen LogP contribution in [0.4, 0.5) is 0 Å². The Balaban J connectivity index is 2.37. The van der Waals surface area contributed by atoms with Crippen LogP contribution < -0.4 is 5.56 Å². The second-order valence-corrected chi connectivity index (χ2v) is 4.18. The predicted octanol–water partition coefficient (Wildman–Crippen LogP) is 2.64. The van der Waals surface area contributed by atoms with Gasteiger partial charge >= 0.3 is 0 Å². The van der Waals surface area contributed by atoms with Crippen LogP contribution in [0.25, 0.3) is 22.3 Å². The molecular weight excluding hydrogens is 250 g/mol. The van der Waals surface area contributed by atoms with Gasteiger partial charge in [0.2, 0.25) is 0 Å². The highest BCUT2D eigenvalue weighted by Crippen LogP contribution is 2.29. The third-order valence-electron chi connectivity index (χ3n) is 2.64. The molecule has 1 aromatic carbocycles. The first-order valence-corrected chi connectivity index (χ1v) is 5.72. The number of halogens is 1. The summed E-state index contributed by atoms with van der Waals surface area (Å²) in [5, 5.41) is 1.46. The number of hydrogen-bond donors (Lipinski definition) is 1. The molecule has 0 unspecified atom stereocenters. The SMILES string of the molecule is O=c1ccnc(-c2ccc(Cl)c3cccnc23)[nH]1. The van der Waals surface area contributed by atoms with Crippen molar-refractivity contribution in [3.05, 3.63) is 58.1 Å². The standard InChI is InChI=1S/C13H8ClN3O/c14-10-4-3-9(12-8(10)2-1-6-15-12)13-16-7-5-11(18)17-13/h1-7H,(H,16,17,18). The number of H-pyrrole nitrogens is 1. The van der Waals surface area contributed by atoms with Gasteiger partial charge in [-0.2, -0.15) is 0 Å². The Bertz CT molecular complexity index is 782. The lowest BCUT2D eigenvalue weighted by atomic mass is 10.1. The second kappa shape index (κ2) is 4.23. The van der Waals surface area contributed by atoms with Crippen LogP contribution in [0.5, 0.6) is 0 Å². The van der Waals surface area contributed by atoms with Gasteiger partial charge in [-0.1, -0.05) is 11.6 Å². The molecule has 1 N–H and O–H groups in total. The summed E-state index contributed by atoms with van der Waals surface area (Å²) in [6, 6.07) is 8.65. The number of aromatic amines is 1. The Hall–Kier alpha value is -2.20. The molecule has 0 aliphatic carbocycles. The Morgan fingerprint density at radius 2 is 1.94 bits per heavy atom. The third-order valence-corrected chi connectivity index (χ3v) is 2.97. The van der Waals surface area contributed by atoms with E-state index in [-0.39, 0.29) is 5.56 Å². The monoisotopic (exact) mass is 257 g/mol. The van der Waals surface area contributed by atoms with Crippen molar-refractivity contribution in [3.63, 3.8) is 0 Å². The van der Waals surface area contributed by atoms with E-state index in [1.54, 1.807) is 18.3 Å². The Kier molecular flexibility index (Phi) is 2.57. The summed E-state index contributed by atoms with van der Waals surface area (Å²) in [7, 11) is 0. The topological polar surface area (TPSA) is 58.6 Å². The van der Waals surface area contributed by atoms with Crippen molar-refractivity contribution in [2.75, 3.05) is 0 Å². The highest BCUT2D eigenvalue weighted by molar-refractivity contribution is 6.35. The van der Waals surface area contributed by atoms with Gasteiger partial charge in [0.1, 0.15) is 5.82 Å². The van der Waals surface area contributed by atoms with Gasteiger partial charge in [0.25, 0.3) is 5.56 Å². The van der Waals surface area contributed by atoms with E-state index in [1.807, 2.05) is 12.1 Å². The molecule has 3 aromatic rings. The largest absolute Gasteiger partial charge is 0.306 e. The minimum atomic E-state index is -0.195. The van der Waals surface area contributed by atoms with Crippen molar-refractivity contribution in [1.82, 2.24) is 15.0 Å². The van der Waals surface area contributed by atoms with E-state index in [2.05, 4.69) is 15.0 Å². The van der Waals surface area contributed by atoms with Gasteiger partial charge in [0.15, 0.2) is 0 Å². The highest BCUT2D eigenvalue weighted by atomic mass is 35.5. The molecule has 0 saturated heterocycles. The van der Waals surface area contributed by atoms with Crippen molar-refractivity contribution >= 4 is 22.5 Å². The average Bonchev–Trinajstić information content (AvgIpc) is 2.39. The van der Waals surface area contributed by atoms with Crippen LogP contribution >= 0.6 is 11.6 Å². The van der Waals surface area contributed by atoms with E-state index in [9.17, 15) is 4.79 Å². The zero-order valence-electron chi connectivity index (χ0n) is 9.22. The molecule has 3 rings (SSSR count). The minimum absolute atomic E-state index is 0.195. The number of rotatable bonds is 1. The van der Waals surface area contributed by atoms with Gasteiger partial charge in [-0.3, -0.25) is 9.78 Å². The van der Waals surface area contributed by atoms with Crippen molar-refractivity contribution in [2.24, 2.45) is 0 Å². The number of benzene rings is 1. The van der Waals surface area contributed by atoms with E-state index in [4.69, 9.17) is 11.6 Å². The summed E-state index contributed by atoms with van der Waals surface area (Å²) in [4.78, 5) is 22.5. The molecule has 0 fully saturated rings. The molecule has 0 saturated carbocycles. The fourth-order valence-electron chi connectivity index (χ4n) is 1.84. The van der Waals surface area contributed by atoms with Crippen LogP contribution in [0.3, 0.4) is 0 Å². The van der Waals surface area contributed by atoms with Crippen molar-refractivity contribution in [1.29, 1.82) is 0 Å². The first-order chi connectivity index (χ1) is 8.75. The quantitative estimate of drug-likeness (QED) is 0.729. The summed E-state index contributed by atoms with van der Waals surface area (Å²) in [6.45, 7) is 0. The lowest BCUT2D eigenvalue weighted by molar-refractivity contribution is 1.13. The normalized spacial score (nSPS) is 10.7. The summed E-state index contributed by atoms with van der Waals surface area (Å²) in [6.07, 6.45) is 3.15. The maximum Gasteiger partial charge on any atom is 0.251 e. The second-order valence-electron chi connectivity index (χ2n) is 3.78. The number of pyridine rings is 1. The molecular formula is C13H8ClN3O. The van der Waals surface area contributed by atoms with Gasteiger partial charge in [-0.15, -0.1) is 0 Å². The van der Waals surface area contributed by atoms with E-state index in [0.29, 0.717) is 10.8 Å². The van der Waals surface area contributed by atoms with Gasteiger partial charge < -0.3 is 4.98 Å². The van der Waals surface area contributed by atoms with Gasteiger partial charge in [-0.25, -0.2) is 4.98 Å². The van der Waals surface area contributed by atoms with Crippen molar-refractivity contribution in [2.45, 2.75) is 0 Å². The molecule has 0 aliphatic heterocycles. The molecule has 0 atom stereocenters. The molecule has 0 aliphatic rings. The Labute approximate surface area is 107 Å². The van der Waals surface area contributed by atoms with E-state index in [0.717, 1.165) is 16.5 Å². The molecule has 2 aromatic heterocycles. The maximum absolute atomic E-state index is 11.3. The summed E-state index contributed by atoms with van der Waals surface area (Å²) < 4.78 is 0. The zero-order chi connectivity index (χ0) is 12.5. The first kappa shape index (κ1) is 10.9. The summed E-state index contributed by atoms with van der Waals surface area (Å²) >= 11 is 6.12. The number of nitrogens with zero attached hydrogens (tertiary/aromatic N) is 2. The molecule has 0 bridgehead atoms. The number of fused-ring (bicyclic) bond motifs is 1. The smallest absolute Gasteiger partial charge is 0.251 e. The molecule has 5 heteroatoms. The highest BCUT2D eigenvalue weighted by Gasteiger charge is 2.09. The molecule has 2 heterocycles. The summed E-state index contributed by atoms with van der Waals surface area (Å²) in [5.41, 5.74) is 1.28. The lowest BCUT2D eigenvalue weighted by Gasteiger charge is -2.05. The molecule has 0 amide bonds. The summed E-state index contributed by atoms with van der Waals surface area (Å²) in [5.74, 6) is 0.489. The third kappa shape index (κ3) is 1.76. The van der Waals surface area contributed by atoms with Crippen LogP contribution in [0.1, 0.15) is 0 Å². The van der Waals surface area contributed by atoms with Crippen LogP contribution in [-0.4, -0.2) is 15.0 Å². The van der Waals surface area contributed by atoms with Crippen LogP contribution in [0.2, 0.25) is 5.02 Å². The minimum Gasteiger partial charge on any atom is -0.306 e. The molecule has 4 nitrogen and oxygen atoms in total. The molecule has 88 valence electrons. The number of nitrogens with one attached hydrogen (secondary N) is 1. The van der Waals surface area contributed by atoms with Crippen molar-refractivity contribution in [3.8, 4) is 11.4 Å². The van der Waals surface area contributed by atoms with Crippen LogP contribution in [-0.2, 0) is 0 Å². The number of hydrogen-bond acceptors (Lipinski definition) is 3. The van der Waals surface area contributed by atoms with E-state index < -0.39 is 0 Å². The van der Waals surface area contributed by atoms with Gasteiger partial charge in [0, 0.05) is 29.4 Å². The maximum atomic E-state index is 11.3. The first-order valence-electron chi connectivity index (χ1n) is 5.34. The fraction of sp³-hybridized carbons (Fsp3) is 0. The lowest BCUT2D eigenvalue weighted by Crippen LogP contribution is -2.06. The Morgan fingerprint density at radius 1 is 1.06 bits per heavy atom. The van der Waals surface area contributed by atoms with Crippen molar-refractivity contribution < 1.29 is 0 Å². The molecule has 0 radical (unpaired) electrons. The predicted molar refractivity (Wildman–Crippen MR) is 70.6 cm³/mol. The van der Waals surface area contributed by atoms with Crippen LogP contribution in [0.15, 0.2) is 47.5 Å².